The quantitative estimate of drug-likeness (QED) is 0.676. The van der Waals surface area contributed by atoms with Crippen molar-refractivity contribution in [2.75, 3.05) is 18.0 Å². The van der Waals surface area contributed by atoms with Crippen molar-refractivity contribution in [3.8, 4) is 6.07 Å². The molecule has 0 heterocycles. The van der Waals surface area contributed by atoms with Gasteiger partial charge in [-0.2, -0.15) is 5.26 Å². The Balaban J connectivity index is 3.03. The third-order valence-corrected chi connectivity index (χ3v) is 2.10. The van der Waals surface area contributed by atoms with Crippen LogP contribution in [0.1, 0.15) is 12.5 Å². The lowest BCUT2D eigenvalue weighted by molar-refractivity contribution is 0.905. The molecular formula is C12H14N2. The normalized spacial score (nSPS) is 9.14. The van der Waals surface area contributed by atoms with Crippen molar-refractivity contribution in [1.29, 1.82) is 5.26 Å². The molecular weight excluding hydrogens is 172 g/mol. The largest absolute Gasteiger partial charge is 0.367 e. The van der Waals surface area contributed by atoms with E-state index >= 15 is 0 Å². The molecule has 0 aliphatic rings. The lowest BCUT2D eigenvalue weighted by atomic mass is 10.1. The van der Waals surface area contributed by atoms with Gasteiger partial charge >= 0.3 is 0 Å². The van der Waals surface area contributed by atoms with E-state index in [2.05, 4.69) is 24.5 Å². The van der Waals surface area contributed by atoms with Gasteiger partial charge in [0, 0.05) is 13.1 Å². The van der Waals surface area contributed by atoms with E-state index in [1.807, 2.05) is 30.3 Å². The first-order valence-corrected chi connectivity index (χ1v) is 4.68. The Morgan fingerprint density at radius 2 is 2.21 bits per heavy atom. The highest BCUT2D eigenvalue weighted by Gasteiger charge is 2.06. The second kappa shape index (κ2) is 5.08. The maximum Gasteiger partial charge on any atom is 0.101 e. The van der Waals surface area contributed by atoms with E-state index in [4.69, 9.17) is 5.26 Å². The number of benzene rings is 1. The van der Waals surface area contributed by atoms with Gasteiger partial charge in [-0.1, -0.05) is 18.2 Å². The van der Waals surface area contributed by atoms with Crippen LogP contribution in [0.4, 0.5) is 5.69 Å². The zero-order valence-corrected chi connectivity index (χ0v) is 8.40. The van der Waals surface area contributed by atoms with Gasteiger partial charge in [0.05, 0.1) is 11.3 Å². The summed E-state index contributed by atoms with van der Waals surface area (Å²) in [5, 5.41) is 8.93. The fraction of sp³-hybridized carbons (Fsp3) is 0.250. The third kappa shape index (κ3) is 2.14. The molecule has 1 aromatic carbocycles. The highest BCUT2D eigenvalue weighted by molar-refractivity contribution is 5.59. The molecule has 2 nitrogen and oxygen atoms in total. The Bertz CT molecular complexity index is 350. The second-order valence-corrected chi connectivity index (χ2v) is 2.96. The van der Waals surface area contributed by atoms with E-state index in [0.717, 1.165) is 24.3 Å². The summed E-state index contributed by atoms with van der Waals surface area (Å²) in [5.74, 6) is 0. The fourth-order valence-corrected chi connectivity index (χ4v) is 1.40. The molecule has 0 saturated carbocycles. The topological polar surface area (TPSA) is 27.0 Å². The van der Waals surface area contributed by atoms with Crippen molar-refractivity contribution in [3.05, 3.63) is 42.5 Å². The van der Waals surface area contributed by atoms with Gasteiger partial charge in [-0.05, 0) is 19.1 Å². The van der Waals surface area contributed by atoms with Crippen LogP contribution in [0.15, 0.2) is 36.9 Å². The molecule has 0 aromatic heterocycles. The molecule has 0 N–H and O–H groups in total. The van der Waals surface area contributed by atoms with Crippen molar-refractivity contribution >= 4 is 5.69 Å². The van der Waals surface area contributed by atoms with Gasteiger partial charge in [-0.25, -0.2) is 0 Å². The van der Waals surface area contributed by atoms with Crippen molar-refractivity contribution in [2.24, 2.45) is 0 Å². The predicted octanol–water partition coefficient (Wildman–Crippen LogP) is 2.57. The Morgan fingerprint density at radius 3 is 2.79 bits per heavy atom. The van der Waals surface area contributed by atoms with Gasteiger partial charge in [-0.3, -0.25) is 0 Å². The number of hydrogen-bond acceptors (Lipinski definition) is 2. The molecule has 2 heteroatoms. The van der Waals surface area contributed by atoms with Gasteiger partial charge in [0.25, 0.3) is 0 Å². The van der Waals surface area contributed by atoms with Crippen molar-refractivity contribution in [3.63, 3.8) is 0 Å². The Labute approximate surface area is 85.1 Å². The van der Waals surface area contributed by atoms with Crippen LogP contribution in [-0.2, 0) is 0 Å². The SMILES string of the molecule is C=CCN(CC)c1ccccc1C#N. The Morgan fingerprint density at radius 1 is 1.50 bits per heavy atom. The highest BCUT2D eigenvalue weighted by Crippen LogP contribution is 2.18. The Kier molecular flexibility index (Phi) is 3.75. The third-order valence-electron chi connectivity index (χ3n) is 2.10. The zero-order valence-electron chi connectivity index (χ0n) is 8.40. The standard InChI is InChI=1S/C12H14N2/c1-3-9-14(4-2)12-8-6-5-7-11(12)10-13/h3,5-8H,1,4,9H2,2H3. The number of likely N-dealkylation sites (N-methyl/N-ethyl adjacent to an activating group) is 1. The van der Waals surface area contributed by atoms with Gasteiger partial charge < -0.3 is 4.90 Å². The smallest absolute Gasteiger partial charge is 0.101 e. The molecule has 0 unspecified atom stereocenters. The van der Waals surface area contributed by atoms with E-state index in [0.29, 0.717) is 0 Å². The Hall–Kier alpha value is -1.75. The first-order valence-electron chi connectivity index (χ1n) is 4.68. The summed E-state index contributed by atoms with van der Waals surface area (Å²) >= 11 is 0. The number of anilines is 1. The summed E-state index contributed by atoms with van der Waals surface area (Å²) in [7, 11) is 0. The maximum atomic E-state index is 8.93. The predicted molar refractivity (Wildman–Crippen MR) is 59.2 cm³/mol. The highest BCUT2D eigenvalue weighted by atomic mass is 15.1. The maximum absolute atomic E-state index is 8.93. The van der Waals surface area contributed by atoms with Crippen LogP contribution in [0.2, 0.25) is 0 Å². The molecule has 1 aromatic rings. The van der Waals surface area contributed by atoms with Crippen LogP contribution >= 0.6 is 0 Å². The molecule has 0 aliphatic heterocycles. The zero-order chi connectivity index (χ0) is 10.4. The molecule has 0 aliphatic carbocycles. The van der Waals surface area contributed by atoms with E-state index < -0.39 is 0 Å². The summed E-state index contributed by atoms with van der Waals surface area (Å²) in [6, 6.07) is 9.82. The molecule has 0 amide bonds. The summed E-state index contributed by atoms with van der Waals surface area (Å²) in [6.07, 6.45) is 1.84. The number of para-hydroxylation sites is 1. The summed E-state index contributed by atoms with van der Waals surface area (Å²) in [4.78, 5) is 2.12. The fourth-order valence-electron chi connectivity index (χ4n) is 1.40. The molecule has 14 heavy (non-hydrogen) atoms. The summed E-state index contributed by atoms with van der Waals surface area (Å²) in [5.41, 5.74) is 1.70. The minimum Gasteiger partial charge on any atom is -0.367 e. The number of hydrogen-bond donors (Lipinski definition) is 0. The van der Waals surface area contributed by atoms with Gasteiger partial charge in [0.1, 0.15) is 6.07 Å². The molecule has 0 radical (unpaired) electrons. The molecule has 0 spiro atoms. The van der Waals surface area contributed by atoms with Crippen molar-refractivity contribution in [1.82, 2.24) is 0 Å². The summed E-state index contributed by atoms with van der Waals surface area (Å²) in [6.45, 7) is 7.42. The molecule has 0 bridgehead atoms. The lowest BCUT2D eigenvalue weighted by Crippen LogP contribution is -2.23. The molecule has 0 saturated heterocycles. The first-order chi connectivity index (χ1) is 6.83. The first kappa shape index (κ1) is 10.3. The molecule has 0 atom stereocenters. The number of rotatable bonds is 4. The van der Waals surface area contributed by atoms with E-state index in [-0.39, 0.29) is 0 Å². The van der Waals surface area contributed by atoms with Crippen LogP contribution in [0.3, 0.4) is 0 Å². The second-order valence-electron chi connectivity index (χ2n) is 2.96. The lowest BCUT2D eigenvalue weighted by Gasteiger charge is -2.22. The van der Waals surface area contributed by atoms with Gasteiger partial charge in [0.15, 0.2) is 0 Å². The average molecular weight is 186 g/mol. The van der Waals surface area contributed by atoms with E-state index in [1.165, 1.54) is 0 Å². The van der Waals surface area contributed by atoms with Crippen LogP contribution in [-0.4, -0.2) is 13.1 Å². The number of nitrogens with zero attached hydrogens (tertiary/aromatic N) is 2. The molecule has 72 valence electrons. The minimum absolute atomic E-state index is 0.719. The van der Waals surface area contributed by atoms with Crippen molar-refractivity contribution in [2.45, 2.75) is 6.92 Å². The minimum atomic E-state index is 0.719. The summed E-state index contributed by atoms with van der Waals surface area (Å²) < 4.78 is 0. The van der Waals surface area contributed by atoms with Crippen LogP contribution in [0.25, 0.3) is 0 Å². The number of nitriles is 1. The van der Waals surface area contributed by atoms with E-state index in [9.17, 15) is 0 Å². The van der Waals surface area contributed by atoms with Crippen LogP contribution < -0.4 is 4.90 Å². The molecule has 1 rings (SSSR count). The van der Waals surface area contributed by atoms with Crippen molar-refractivity contribution < 1.29 is 0 Å². The van der Waals surface area contributed by atoms with Crippen LogP contribution in [0, 0.1) is 11.3 Å². The molecule has 0 fully saturated rings. The average Bonchev–Trinajstić information content (AvgIpc) is 2.26. The van der Waals surface area contributed by atoms with Crippen LogP contribution in [0.5, 0.6) is 0 Å². The monoisotopic (exact) mass is 186 g/mol. The van der Waals surface area contributed by atoms with Gasteiger partial charge in [0.2, 0.25) is 0 Å². The van der Waals surface area contributed by atoms with E-state index in [1.54, 1.807) is 0 Å². The van der Waals surface area contributed by atoms with Gasteiger partial charge in [-0.15, -0.1) is 6.58 Å².